The first-order valence-electron chi connectivity index (χ1n) is 6.38. The highest BCUT2D eigenvalue weighted by Gasteiger charge is 2.27. The molecule has 1 aromatic heterocycles. The summed E-state index contributed by atoms with van der Waals surface area (Å²) in [7, 11) is 1.50. The fourth-order valence-electron chi connectivity index (χ4n) is 2.22. The minimum atomic E-state index is -0.979. The normalized spacial score (nSPS) is 15.1. The molecule has 21 heavy (non-hydrogen) atoms. The zero-order valence-corrected chi connectivity index (χ0v) is 11.6. The Kier molecular flexibility index (Phi) is 4.53. The minimum Gasteiger partial charge on any atom is -0.465 e. The van der Waals surface area contributed by atoms with Crippen LogP contribution in [0.3, 0.4) is 0 Å². The predicted molar refractivity (Wildman–Crippen MR) is 73.4 cm³/mol. The van der Waals surface area contributed by atoms with Gasteiger partial charge >= 0.3 is 11.8 Å². The van der Waals surface area contributed by atoms with Crippen LogP contribution >= 0.6 is 0 Å². The average molecular weight is 296 g/mol. The lowest BCUT2D eigenvalue weighted by Crippen LogP contribution is -2.48. The van der Waals surface area contributed by atoms with Gasteiger partial charge in [-0.1, -0.05) is 0 Å². The Labute approximate surface area is 120 Å². The summed E-state index contributed by atoms with van der Waals surface area (Å²) in [6, 6.07) is 1.44. The first-order chi connectivity index (χ1) is 10.0. The molecular weight excluding hydrogens is 280 g/mol. The molecule has 1 aliphatic rings. The smallest absolute Gasteiger partial charge is 0.407 e. The lowest BCUT2D eigenvalue weighted by atomic mass is 10.2. The number of nitro groups is 1. The van der Waals surface area contributed by atoms with E-state index in [0.717, 1.165) is 0 Å². The van der Waals surface area contributed by atoms with E-state index in [9.17, 15) is 14.9 Å². The lowest BCUT2D eigenvalue weighted by molar-refractivity contribution is -0.384. The molecule has 0 aliphatic carbocycles. The lowest BCUT2D eigenvalue weighted by Gasteiger charge is -2.33. The van der Waals surface area contributed by atoms with Crippen molar-refractivity contribution < 1.29 is 19.6 Å². The van der Waals surface area contributed by atoms with Gasteiger partial charge in [0, 0.05) is 51.1 Å². The van der Waals surface area contributed by atoms with Gasteiger partial charge in [0.05, 0.1) is 11.5 Å². The fourth-order valence-corrected chi connectivity index (χ4v) is 2.22. The number of carboxylic acid groups (broad SMARTS) is 1. The number of hydrogen-bond donors (Lipinski definition) is 1. The monoisotopic (exact) mass is 296 g/mol. The van der Waals surface area contributed by atoms with E-state index < -0.39 is 11.0 Å². The molecule has 9 nitrogen and oxygen atoms in total. The van der Waals surface area contributed by atoms with Gasteiger partial charge in [0.15, 0.2) is 0 Å². The van der Waals surface area contributed by atoms with E-state index in [1.807, 2.05) is 0 Å². The van der Waals surface area contributed by atoms with Crippen LogP contribution in [0.5, 0.6) is 0 Å². The number of carbonyl (C=O) groups is 1. The summed E-state index contributed by atoms with van der Waals surface area (Å²) < 4.78 is 4.94. The van der Waals surface area contributed by atoms with Gasteiger partial charge in [0.2, 0.25) is 5.82 Å². The molecule has 0 atom stereocenters. The van der Waals surface area contributed by atoms with Gasteiger partial charge in [-0.2, -0.15) is 0 Å². The van der Waals surface area contributed by atoms with Crippen LogP contribution in [-0.2, 0) is 11.3 Å². The maximum Gasteiger partial charge on any atom is 0.407 e. The van der Waals surface area contributed by atoms with Crippen LogP contribution in [0.15, 0.2) is 12.3 Å². The zero-order chi connectivity index (χ0) is 15.4. The van der Waals surface area contributed by atoms with Crippen molar-refractivity contribution in [2.24, 2.45) is 0 Å². The van der Waals surface area contributed by atoms with E-state index in [1.54, 1.807) is 4.90 Å². The number of rotatable bonds is 4. The summed E-state index contributed by atoms with van der Waals surface area (Å²) in [6.45, 7) is 1.61. The Morgan fingerprint density at radius 3 is 2.67 bits per heavy atom. The van der Waals surface area contributed by atoms with Gasteiger partial charge in [-0.3, -0.25) is 10.1 Å². The second-order valence-corrected chi connectivity index (χ2v) is 4.63. The molecule has 0 saturated carbocycles. The molecule has 114 valence electrons. The molecule has 2 rings (SSSR count). The molecule has 1 aliphatic heterocycles. The van der Waals surface area contributed by atoms with Crippen LogP contribution in [0, 0.1) is 10.1 Å². The van der Waals surface area contributed by atoms with E-state index in [4.69, 9.17) is 9.84 Å². The first-order valence-corrected chi connectivity index (χ1v) is 6.38. The summed E-state index contributed by atoms with van der Waals surface area (Å²) in [5, 5.41) is 20.1. The number of pyridine rings is 1. The molecule has 2 heterocycles. The molecule has 1 amide bonds. The maximum absolute atomic E-state index is 11.2. The molecule has 0 unspecified atom stereocenters. The molecule has 0 spiro atoms. The Bertz CT molecular complexity index is 542. The summed E-state index contributed by atoms with van der Waals surface area (Å²) >= 11 is 0. The number of methoxy groups -OCH3 is 1. The number of nitrogens with zero attached hydrogens (tertiary/aromatic N) is 4. The first kappa shape index (κ1) is 15.0. The summed E-state index contributed by atoms with van der Waals surface area (Å²) in [5.41, 5.74) is 0.533. The van der Waals surface area contributed by atoms with Crippen LogP contribution in [0.4, 0.5) is 16.3 Å². The van der Waals surface area contributed by atoms with Gasteiger partial charge in [-0.05, 0) is 0 Å². The molecule has 9 heteroatoms. The molecule has 1 aromatic rings. The van der Waals surface area contributed by atoms with Gasteiger partial charge in [0.25, 0.3) is 0 Å². The van der Waals surface area contributed by atoms with E-state index in [-0.39, 0.29) is 18.1 Å². The quantitative estimate of drug-likeness (QED) is 0.650. The van der Waals surface area contributed by atoms with Crippen molar-refractivity contribution in [2.45, 2.75) is 6.61 Å². The number of ether oxygens (including phenoxy) is 1. The van der Waals surface area contributed by atoms with Gasteiger partial charge in [-0.15, -0.1) is 0 Å². The van der Waals surface area contributed by atoms with Crippen LogP contribution in [-0.4, -0.2) is 59.3 Å². The number of anilines is 1. The average Bonchev–Trinajstić information content (AvgIpc) is 2.47. The van der Waals surface area contributed by atoms with Gasteiger partial charge < -0.3 is 19.6 Å². The van der Waals surface area contributed by atoms with Crippen molar-refractivity contribution in [3.05, 3.63) is 27.9 Å². The molecule has 1 saturated heterocycles. The van der Waals surface area contributed by atoms with E-state index in [0.29, 0.717) is 31.7 Å². The number of amides is 1. The van der Waals surface area contributed by atoms with Crippen molar-refractivity contribution in [3.8, 4) is 0 Å². The van der Waals surface area contributed by atoms with Crippen LogP contribution in [0.1, 0.15) is 5.56 Å². The molecular formula is C12H16N4O5. The number of hydrogen-bond acceptors (Lipinski definition) is 6. The Hall–Kier alpha value is -2.42. The third-order valence-corrected chi connectivity index (χ3v) is 3.26. The van der Waals surface area contributed by atoms with Gasteiger partial charge in [-0.25, -0.2) is 9.78 Å². The Balaban J connectivity index is 2.20. The van der Waals surface area contributed by atoms with Crippen LogP contribution in [0.2, 0.25) is 0 Å². The minimum absolute atomic E-state index is 0.0895. The van der Waals surface area contributed by atoms with Crippen molar-refractivity contribution >= 4 is 17.6 Å². The number of piperazine rings is 1. The highest BCUT2D eigenvalue weighted by Crippen LogP contribution is 2.27. The molecule has 0 aromatic carbocycles. The van der Waals surface area contributed by atoms with Crippen LogP contribution in [0.25, 0.3) is 0 Å². The third-order valence-electron chi connectivity index (χ3n) is 3.26. The van der Waals surface area contributed by atoms with Crippen molar-refractivity contribution in [1.29, 1.82) is 0 Å². The SMILES string of the molecule is COCc1cnc(N2CCN(C(=O)O)CC2)c([N+](=O)[O-])c1. The second kappa shape index (κ2) is 6.35. The molecule has 0 radical (unpaired) electrons. The highest BCUT2D eigenvalue weighted by atomic mass is 16.6. The van der Waals surface area contributed by atoms with Crippen molar-refractivity contribution in [1.82, 2.24) is 9.88 Å². The summed E-state index contributed by atoms with van der Waals surface area (Å²) in [4.78, 5) is 28.7. The van der Waals surface area contributed by atoms with Crippen molar-refractivity contribution in [2.75, 3.05) is 38.2 Å². The zero-order valence-electron chi connectivity index (χ0n) is 11.6. The Morgan fingerprint density at radius 1 is 1.48 bits per heavy atom. The summed E-state index contributed by atoms with van der Waals surface area (Å²) in [6.07, 6.45) is 0.558. The van der Waals surface area contributed by atoms with E-state index in [2.05, 4.69) is 4.98 Å². The maximum atomic E-state index is 11.2. The van der Waals surface area contributed by atoms with E-state index in [1.165, 1.54) is 24.3 Å². The van der Waals surface area contributed by atoms with Crippen molar-refractivity contribution in [3.63, 3.8) is 0 Å². The number of aromatic nitrogens is 1. The largest absolute Gasteiger partial charge is 0.465 e. The summed E-state index contributed by atoms with van der Waals surface area (Å²) in [5.74, 6) is 0.268. The molecule has 1 N–H and O–H groups in total. The van der Waals surface area contributed by atoms with Gasteiger partial charge in [0.1, 0.15) is 0 Å². The molecule has 0 bridgehead atoms. The van der Waals surface area contributed by atoms with E-state index >= 15 is 0 Å². The topological polar surface area (TPSA) is 109 Å². The standard InChI is InChI=1S/C12H16N4O5/c1-21-8-9-6-10(16(19)20)11(13-7-9)14-2-4-15(5-3-14)12(17)18/h6-7H,2-5,8H2,1H3,(H,17,18). The third kappa shape index (κ3) is 3.37. The predicted octanol–water partition coefficient (Wildman–Crippen LogP) is 0.936. The highest BCUT2D eigenvalue weighted by molar-refractivity contribution is 5.66. The second-order valence-electron chi connectivity index (χ2n) is 4.63. The molecule has 1 fully saturated rings. The Morgan fingerprint density at radius 2 is 2.14 bits per heavy atom. The van der Waals surface area contributed by atoms with Crippen LogP contribution < -0.4 is 4.90 Å². The fraction of sp³-hybridized carbons (Fsp3) is 0.500.